The Morgan fingerprint density at radius 2 is 2.30 bits per heavy atom. The largest absolute Gasteiger partial charge is 0.481 e. The smallest absolute Gasteiger partial charge is 0.309 e. The highest BCUT2D eigenvalue weighted by Crippen LogP contribution is 2.37. The average Bonchev–Trinajstić information content (AvgIpc) is 2.83. The van der Waals surface area contributed by atoms with Crippen molar-refractivity contribution >= 4 is 5.97 Å². The number of piperidine rings is 1. The first-order valence-corrected chi connectivity index (χ1v) is 7.04. The number of hydrogen-bond donors (Lipinski definition) is 1. The third-order valence-electron chi connectivity index (χ3n) is 4.16. The van der Waals surface area contributed by atoms with Gasteiger partial charge < -0.3 is 9.63 Å². The molecular formula is C15H22N2O3. The summed E-state index contributed by atoms with van der Waals surface area (Å²) in [5.74, 6) is 0.138. The monoisotopic (exact) mass is 278 g/mol. The number of nitrogens with zero attached hydrogens (tertiary/aromatic N) is 2. The fourth-order valence-electron chi connectivity index (χ4n) is 2.81. The van der Waals surface area contributed by atoms with Crippen molar-refractivity contribution < 1.29 is 14.4 Å². The molecule has 1 N–H and O–H groups in total. The summed E-state index contributed by atoms with van der Waals surface area (Å²) < 4.78 is 5.06. The molecule has 0 unspecified atom stereocenters. The quantitative estimate of drug-likeness (QED) is 0.810. The first kappa shape index (κ1) is 14.8. The van der Waals surface area contributed by atoms with E-state index in [1.807, 2.05) is 13.0 Å². The van der Waals surface area contributed by atoms with E-state index in [1.54, 1.807) is 6.08 Å². The summed E-state index contributed by atoms with van der Waals surface area (Å²) >= 11 is 0. The summed E-state index contributed by atoms with van der Waals surface area (Å²) in [4.78, 5) is 13.8. The molecule has 1 aromatic heterocycles. The van der Waals surface area contributed by atoms with Crippen molar-refractivity contribution in [2.75, 3.05) is 13.1 Å². The van der Waals surface area contributed by atoms with Crippen LogP contribution in [0.25, 0.3) is 0 Å². The highest BCUT2D eigenvalue weighted by molar-refractivity contribution is 5.74. The lowest BCUT2D eigenvalue weighted by atomic mass is 9.75. The molecular weight excluding hydrogens is 256 g/mol. The molecule has 5 nitrogen and oxygen atoms in total. The maximum absolute atomic E-state index is 11.6. The minimum Gasteiger partial charge on any atom is -0.481 e. The molecule has 1 saturated heterocycles. The molecule has 0 bridgehead atoms. The molecule has 0 aromatic carbocycles. The number of likely N-dealkylation sites (tertiary alicyclic amines) is 1. The Hall–Kier alpha value is -1.62. The molecule has 2 rings (SSSR count). The van der Waals surface area contributed by atoms with Gasteiger partial charge in [-0.3, -0.25) is 9.69 Å². The first-order valence-electron chi connectivity index (χ1n) is 7.04. The SMILES string of the molecule is C=CCCC1(C(=O)O)CCN(Cc2cc(C)on2)CC1. The fourth-order valence-corrected chi connectivity index (χ4v) is 2.81. The number of carboxylic acids is 1. The van der Waals surface area contributed by atoms with E-state index in [9.17, 15) is 9.90 Å². The van der Waals surface area contributed by atoms with Gasteiger partial charge in [0.15, 0.2) is 0 Å². The Kier molecular flexibility index (Phi) is 4.60. The molecule has 0 radical (unpaired) electrons. The molecule has 1 aliphatic heterocycles. The van der Waals surface area contributed by atoms with Crippen LogP contribution in [0.2, 0.25) is 0 Å². The lowest BCUT2D eigenvalue weighted by molar-refractivity contribution is -0.152. The molecule has 0 spiro atoms. The van der Waals surface area contributed by atoms with Crippen molar-refractivity contribution in [3.63, 3.8) is 0 Å². The number of carbonyl (C=O) groups is 1. The zero-order valence-corrected chi connectivity index (χ0v) is 12.0. The standard InChI is InChI=1S/C15H22N2O3/c1-3-4-5-15(14(18)19)6-8-17(9-7-15)11-13-10-12(2)20-16-13/h3,10H,1,4-9,11H2,2H3,(H,18,19). The lowest BCUT2D eigenvalue weighted by Crippen LogP contribution is -2.44. The van der Waals surface area contributed by atoms with Crippen LogP contribution in [0.15, 0.2) is 23.2 Å². The Morgan fingerprint density at radius 3 is 2.80 bits per heavy atom. The summed E-state index contributed by atoms with van der Waals surface area (Å²) in [7, 11) is 0. The van der Waals surface area contributed by atoms with E-state index in [2.05, 4.69) is 16.6 Å². The fraction of sp³-hybridized carbons (Fsp3) is 0.600. The number of aryl methyl sites for hydroxylation is 1. The van der Waals surface area contributed by atoms with Crippen molar-refractivity contribution in [2.45, 2.75) is 39.2 Å². The van der Waals surface area contributed by atoms with E-state index in [-0.39, 0.29) is 0 Å². The topological polar surface area (TPSA) is 66.6 Å². The van der Waals surface area contributed by atoms with Gasteiger partial charge in [0, 0.05) is 12.6 Å². The summed E-state index contributed by atoms with van der Waals surface area (Å²) in [6.07, 6.45) is 4.62. The van der Waals surface area contributed by atoms with Gasteiger partial charge >= 0.3 is 5.97 Å². The van der Waals surface area contributed by atoms with E-state index in [1.165, 1.54) is 0 Å². The molecule has 1 aromatic rings. The van der Waals surface area contributed by atoms with Crippen molar-refractivity contribution in [1.29, 1.82) is 0 Å². The molecule has 20 heavy (non-hydrogen) atoms. The van der Waals surface area contributed by atoms with Gasteiger partial charge in [-0.1, -0.05) is 11.2 Å². The van der Waals surface area contributed by atoms with Crippen LogP contribution in [0.5, 0.6) is 0 Å². The number of aliphatic carboxylic acids is 1. The zero-order chi connectivity index (χ0) is 14.6. The highest BCUT2D eigenvalue weighted by Gasteiger charge is 2.40. The van der Waals surface area contributed by atoms with Gasteiger partial charge in [0.1, 0.15) is 5.76 Å². The number of carboxylic acid groups (broad SMARTS) is 1. The number of rotatable bonds is 6. The van der Waals surface area contributed by atoms with Gasteiger partial charge in [0.05, 0.1) is 11.1 Å². The number of hydrogen-bond acceptors (Lipinski definition) is 4. The Labute approximate surface area is 119 Å². The van der Waals surface area contributed by atoms with Crippen molar-refractivity contribution in [3.05, 3.63) is 30.2 Å². The van der Waals surface area contributed by atoms with Gasteiger partial charge in [-0.2, -0.15) is 0 Å². The normalized spacial score (nSPS) is 18.9. The van der Waals surface area contributed by atoms with Crippen molar-refractivity contribution in [3.8, 4) is 0 Å². The van der Waals surface area contributed by atoms with Crippen LogP contribution < -0.4 is 0 Å². The molecule has 1 fully saturated rings. The third kappa shape index (κ3) is 3.28. The Balaban J connectivity index is 1.92. The summed E-state index contributed by atoms with van der Waals surface area (Å²) in [6.45, 7) is 7.86. The van der Waals surface area contributed by atoms with Crippen LogP contribution >= 0.6 is 0 Å². The first-order chi connectivity index (χ1) is 9.55. The highest BCUT2D eigenvalue weighted by atomic mass is 16.5. The molecule has 0 atom stereocenters. The second-order valence-electron chi connectivity index (χ2n) is 5.62. The van der Waals surface area contributed by atoms with E-state index in [0.29, 0.717) is 19.3 Å². The summed E-state index contributed by atoms with van der Waals surface area (Å²) in [5.41, 5.74) is 0.334. The minimum absolute atomic E-state index is 0.579. The van der Waals surface area contributed by atoms with E-state index in [0.717, 1.165) is 37.5 Å². The maximum Gasteiger partial charge on any atom is 0.309 e. The minimum atomic E-state index is -0.670. The molecule has 0 amide bonds. The third-order valence-corrected chi connectivity index (χ3v) is 4.16. The second kappa shape index (κ2) is 6.22. The molecule has 5 heteroatoms. The predicted octanol–water partition coefficient (Wildman–Crippen LogP) is 2.62. The zero-order valence-electron chi connectivity index (χ0n) is 12.0. The van der Waals surface area contributed by atoms with Crippen LogP contribution in [0.1, 0.15) is 37.1 Å². The summed E-state index contributed by atoms with van der Waals surface area (Å²) in [5, 5.41) is 13.5. The molecule has 2 heterocycles. The van der Waals surface area contributed by atoms with Gasteiger partial charge in [-0.05, 0) is 45.7 Å². The van der Waals surface area contributed by atoms with Gasteiger partial charge in [0.25, 0.3) is 0 Å². The molecule has 0 aliphatic carbocycles. The molecule has 110 valence electrons. The van der Waals surface area contributed by atoms with Crippen LogP contribution in [0.4, 0.5) is 0 Å². The van der Waals surface area contributed by atoms with Gasteiger partial charge in [-0.25, -0.2) is 0 Å². The average molecular weight is 278 g/mol. The van der Waals surface area contributed by atoms with E-state index < -0.39 is 11.4 Å². The van der Waals surface area contributed by atoms with Crippen LogP contribution in [-0.2, 0) is 11.3 Å². The van der Waals surface area contributed by atoms with E-state index in [4.69, 9.17) is 4.52 Å². The van der Waals surface area contributed by atoms with Crippen LogP contribution in [-0.4, -0.2) is 34.2 Å². The maximum atomic E-state index is 11.6. The predicted molar refractivity (Wildman–Crippen MR) is 75.3 cm³/mol. The van der Waals surface area contributed by atoms with Crippen LogP contribution in [0, 0.1) is 12.3 Å². The number of allylic oxidation sites excluding steroid dienone is 1. The molecule has 0 saturated carbocycles. The summed E-state index contributed by atoms with van der Waals surface area (Å²) in [6, 6.07) is 1.93. The Morgan fingerprint density at radius 1 is 1.60 bits per heavy atom. The lowest BCUT2D eigenvalue weighted by Gasteiger charge is -2.38. The van der Waals surface area contributed by atoms with Crippen molar-refractivity contribution in [2.24, 2.45) is 5.41 Å². The van der Waals surface area contributed by atoms with Crippen LogP contribution in [0.3, 0.4) is 0 Å². The second-order valence-corrected chi connectivity index (χ2v) is 5.62. The van der Waals surface area contributed by atoms with Crippen molar-refractivity contribution in [1.82, 2.24) is 10.1 Å². The van der Waals surface area contributed by atoms with E-state index >= 15 is 0 Å². The molecule has 1 aliphatic rings. The van der Waals surface area contributed by atoms with Gasteiger partial charge in [0.2, 0.25) is 0 Å². The van der Waals surface area contributed by atoms with Gasteiger partial charge in [-0.15, -0.1) is 6.58 Å². The number of aromatic nitrogens is 1. The Bertz CT molecular complexity index is 473.